The SMILES string of the molecule is CC(=O)c1cccc(NC(=O)Nc2cnoc2)c1. The molecule has 0 unspecified atom stereocenters. The van der Waals surface area contributed by atoms with Gasteiger partial charge >= 0.3 is 6.03 Å². The predicted molar refractivity (Wildman–Crippen MR) is 65.6 cm³/mol. The third kappa shape index (κ3) is 2.94. The number of aromatic nitrogens is 1. The molecule has 1 aromatic heterocycles. The topological polar surface area (TPSA) is 84.2 Å². The number of nitrogens with zero attached hydrogens (tertiary/aromatic N) is 1. The molecule has 0 spiro atoms. The number of ketones is 1. The van der Waals surface area contributed by atoms with Gasteiger partial charge in [-0.05, 0) is 19.1 Å². The summed E-state index contributed by atoms with van der Waals surface area (Å²) in [5, 5.41) is 8.59. The van der Waals surface area contributed by atoms with Crippen LogP contribution in [0.5, 0.6) is 0 Å². The van der Waals surface area contributed by atoms with Crippen molar-refractivity contribution in [3.05, 3.63) is 42.3 Å². The molecule has 0 atom stereocenters. The summed E-state index contributed by atoms with van der Waals surface area (Å²) in [5.74, 6) is -0.0573. The van der Waals surface area contributed by atoms with Crippen LogP contribution < -0.4 is 10.6 Å². The number of carbonyl (C=O) groups is 2. The Bertz CT molecular complexity index is 564. The fraction of sp³-hybridized carbons (Fsp3) is 0.0833. The van der Waals surface area contributed by atoms with Crippen LogP contribution in [0.25, 0.3) is 0 Å². The summed E-state index contributed by atoms with van der Waals surface area (Å²) in [6.45, 7) is 1.47. The third-order valence-corrected chi connectivity index (χ3v) is 2.22. The number of nitrogens with one attached hydrogen (secondary N) is 2. The van der Waals surface area contributed by atoms with E-state index in [-0.39, 0.29) is 5.78 Å². The molecule has 2 N–H and O–H groups in total. The van der Waals surface area contributed by atoms with Crippen LogP contribution in [0, 0.1) is 0 Å². The van der Waals surface area contributed by atoms with Crippen LogP contribution in [0.4, 0.5) is 16.2 Å². The first-order valence-corrected chi connectivity index (χ1v) is 5.23. The van der Waals surface area contributed by atoms with Crippen LogP contribution in [0.3, 0.4) is 0 Å². The van der Waals surface area contributed by atoms with E-state index < -0.39 is 6.03 Å². The normalized spacial score (nSPS) is 9.83. The van der Waals surface area contributed by atoms with Crippen molar-refractivity contribution in [2.75, 3.05) is 10.6 Å². The van der Waals surface area contributed by atoms with Gasteiger partial charge in [0, 0.05) is 11.3 Å². The Labute approximate surface area is 103 Å². The molecule has 0 saturated heterocycles. The maximum absolute atomic E-state index is 11.6. The lowest BCUT2D eigenvalue weighted by atomic mass is 10.1. The molecule has 0 aliphatic rings. The van der Waals surface area contributed by atoms with Crippen LogP contribution in [-0.2, 0) is 0 Å². The molecule has 2 aromatic rings. The Kier molecular flexibility index (Phi) is 3.38. The van der Waals surface area contributed by atoms with Gasteiger partial charge in [-0.1, -0.05) is 17.3 Å². The molecular formula is C12H11N3O3. The van der Waals surface area contributed by atoms with Crippen LogP contribution in [0.15, 0.2) is 41.2 Å². The van der Waals surface area contributed by atoms with E-state index in [0.29, 0.717) is 16.9 Å². The van der Waals surface area contributed by atoms with E-state index >= 15 is 0 Å². The summed E-state index contributed by atoms with van der Waals surface area (Å²) >= 11 is 0. The Morgan fingerprint density at radius 1 is 1.22 bits per heavy atom. The molecule has 0 radical (unpaired) electrons. The zero-order valence-electron chi connectivity index (χ0n) is 9.64. The molecule has 6 nitrogen and oxygen atoms in total. The highest BCUT2D eigenvalue weighted by molar-refractivity contribution is 6.01. The van der Waals surface area contributed by atoms with Crippen molar-refractivity contribution in [1.29, 1.82) is 0 Å². The maximum Gasteiger partial charge on any atom is 0.323 e. The van der Waals surface area contributed by atoms with Crippen molar-refractivity contribution in [3.63, 3.8) is 0 Å². The van der Waals surface area contributed by atoms with E-state index in [4.69, 9.17) is 0 Å². The lowest BCUT2D eigenvalue weighted by Crippen LogP contribution is -2.19. The second-order valence-electron chi connectivity index (χ2n) is 3.63. The molecule has 2 rings (SSSR count). The van der Waals surface area contributed by atoms with Crippen LogP contribution in [-0.4, -0.2) is 17.0 Å². The van der Waals surface area contributed by atoms with E-state index in [1.54, 1.807) is 24.3 Å². The summed E-state index contributed by atoms with van der Waals surface area (Å²) in [5.41, 5.74) is 1.53. The average Bonchev–Trinajstić information content (AvgIpc) is 2.82. The Morgan fingerprint density at radius 2 is 2.00 bits per heavy atom. The molecule has 0 aliphatic carbocycles. The van der Waals surface area contributed by atoms with E-state index in [1.807, 2.05) is 0 Å². The summed E-state index contributed by atoms with van der Waals surface area (Å²) in [4.78, 5) is 22.8. The van der Waals surface area contributed by atoms with E-state index in [0.717, 1.165) is 0 Å². The highest BCUT2D eigenvalue weighted by Crippen LogP contribution is 2.12. The molecule has 92 valence electrons. The predicted octanol–water partition coefficient (Wildman–Crippen LogP) is 2.52. The molecule has 2 amide bonds. The average molecular weight is 245 g/mol. The minimum absolute atomic E-state index is 0.0573. The second-order valence-corrected chi connectivity index (χ2v) is 3.63. The van der Waals surface area contributed by atoms with E-state index in [1.165, 1.54) is 19.4 Å². The number of benzene rings is 1. The van der Waals surface area contributed by atoms with Gasteiger partial charge in [-0.15, -0.1) is 0 Å². The molecule has 18 heavy (non-hydrogen) atoms. The number of hydrogen-bond donors (Lipinski definition) is 2. The third-order valence-electron chi connectivity index (χ3n) is 2.22. The molecule has 1 heterocycles. The largest absolute Gasteiger partial charge is 0.363 e. The number of urea groups is 1. The second kappa shape index (κ2) is 5.13. The maximum atomic E-state index is 11.6. The molecular weight excluding hydrogens is 234 g/mol. The van der Waals surface area contributed by atoms with Crippen LogP contribution >= 0.6 is 0 Å². The van der Waals surface area contributed by atoms with Gasteiger partial charge in [0.2, 0.25) is 0 Å². The van der Waals surface area contributed by atoms with Crippen molar-refractivity contribution in [2.24, 2.45) is 0 Å². The first kappa shape index (κ1) is 11.8. The number of hydrogen-bond acceptors (Lipinski definition) is 4. The van der Waals surface area contributed by atoms with Crippen molar-refractivity contribution in [3.8, 4) is 0 Å². The first-order valence-electron chi connectivity index (χ1n) is 5.23. The monoisotopic (exact) mass is 245 g/mol. The lowest BCUT2D eigenvalue weighted by Gasteiger charge is -2.06. The van der Waals surface area contributed by atoms with Gasteiger partial charge in [-0.3, -0.25) is 4.79 Å². The Morgan fingerprint density at radius 3 is 2.67 bits per heavy atom. The van der Waals surface area contributed by atoms with Gasteiger partial charge in [0.05, 0.1) is 6.20 Å². The molecule has 1 aromatic carbocycles. The summed E-state index contributed by atoms with van der Waals surface area (Å²) in [7, 11) is 0. The fourth-order valence-corrected chi connectivity index (χ4v) is 1.38. The molecule has 0 fully saturated rings. The number of rotatable bonds is 3. The number of anilines is 2. The minimum Gasteiger partial charge on any atom is -0.363 e. The quantitative estimate of drug-likeness (QED) is 0.814. The molecule has 0 bridgehead atoms. The Balaban J connectivity index is 2.03. The summed E-state index contributed by atoms with van der Waals surface area (Å²) in [6.07, 6.45) is 2.69. The van der Waals surface area contributed by atoms with Crippen molar-refractivity contribution >= 4 is 23.2 Å². The standard InChI is InChI=1S/C12H11N3O3/c1-8(16)9-3-2-4-10(5-9)14-12(17)15-11-6-13-18-7-11/h2-7H,1H3,(H2,14,15,17). The molecule has 6 heteroatoms. The minimum atomic E-state index is -0.432. The van der Waals surface area contributed by atoms with Crippen molar-refractivity contribution < 1.29 is 14.1 Å². The van der Waals surface area contributed by atoms with Gasteiger partial charge in [-0.2, -0.15) is 0 Å². The lowest BCUT2D eigenvalue weighted by molar-refractivity contribution is 0.101. The summed E-state index contributed by atoms with van der Waals surface area (Å²) in [6, 6.07) is 6.26. The zero-order chi connectivity index (χ0) is 13.0. The zero-order valence-corrected chi connectivity index (χ0v) is 9.64. The first-order chi connectivity index (χ1) is 8.65. The van der Waals surface area contributed by atoms with Gasteiger partial charge in [0.1, 0.15) is 12.0 Å². The number of amides is 2. The van der Waals surface area contributed by atoms with E-state index in [2.05, 4.69) is 20.3 Å². The smallest absolute Gasteiger partial charge is 0.323 e. The van der Waals surface area contributed by atoms with Crippen molar-refractivity contribution in [2.45, 2.75) is 6.92 Å². The van der Waals surface area contributed by atoms with Crippen molar-refractivity contribution in [1.82, 2.24) is 5.16 Å². The number of Topliss-reactive ketones (excluding diaryl/α,β-unsaturated/α-hetero) is 1. The number of carbonyl (C=O) groups excluding carboxylic acids is 2. The fourth-order valence-electron chi connectivity index (χ4n) is 1.38. The van der Waals surface area contributed by atoms with Gasteiger partial charge in [0.25, 0.3) is 0 Å². The van der Waals surface area contributed by atoms with Crippen LogP contribution in [0.1, 0.15) is 17.3 Å². The highest BCUT2D eigenvalue weighted by Gasteiger charge is 2.05. The van der Waals surface area contributed by atoms with E-state index in [9.17, 15) is 9.59 Å². The molecule has 0 aliphatic heterocycles. The molecule has 0 saturated carbocycles. The Hall–Kier alpha value is -2.63. The summed E-state index contributed by atoms with van der Waals surface area (Å²) < 4.78 is 4.58. The van der Waals surface area contributed by atoms with Gasteiger partial charge in [-0.25, -0.2) is 4.79 Å². The van der Waals surface area contributed by atoms with Gasteiger partial charge < -0.3 is 15.2 Å². The van der Waals surface area contributed by atoms with Crippen LogP contribution in [0.2, 0.25) is 0 Å². The van der Waals surface area contributed by atoms with Gasteiger partial charge in [0.15, 0.2) is 5.78 Å². The highest BCUT2D eigenvalue weighted by atomic mass is 16.5.